The Morgan fingerprint density at radius 3 is 2.32 bits per heavy atom. The number of hydrogen-bond acceptors (Lipinski definition) is 13. The van der Waals surface area contributed by atoms with E-state index >= 15 is 0 Å². The molecule has 1 unspecified atom stereocenters. The molecule has 0 spiro atoms. The molecule has 6 atom stereocenters. The van der Waals surface area contributed by atoms with Crippen molar-refractivity contribution in [2.24, 2.45) is 29.2 Å². The van der Waals surface area contributed by atoms with Crippen LogP contribution in [0.25, 0.3) is 5.52 Å². The van der Waals surface area contributed by atoms with E-state index in [0.717, 1.165) is 32.1 Å². The number of aromatic nitrogens is 3. The highest BCUT2D eigenvalue weighted by Crippen LogP contribution is 2.44. The van der Waals surface area contributed by atoms with Gasteiger partial charge in [-0.05, 0) is 42.7 Å². The maximum atomic E-state index is 13.3. The summed E-state index contributed by atoms with van der Waals surface area (Å²) in [5.74, 6) is -2.33. The number of nitrogen functional groups attached to an aromatic ring is 1. The molecule has 2 aromatic heterocycles. The fraction of sp³-hybridized carbons (Fsp3) is 0.667. The van der Waals surface area contributed by atoms with Gasteiger partial charge in [0, 0.05) is 6.42 Å². The SMILES string of the molecule is CC(C)C(N)C(=O)O[C@H]1[C@@H](OC(=O)[C@@H](N)C(C)C)[C@](C#N)(c2ccc3c(N)ncnn23)O[C@@H]1COC(=O)CC1CCCCC1. The predicted molar refractivity (Wildman–Crippen MR) is 157 cm³/mol. The topological polar surface area (TPSA) is 220 Å². The van der Waals surface area contributed by atoms with Crippen molar-refractivity contribution in [1.29, 1.82) is 5.26 Å². The number of hydrogen-bond donors (Lipinski definition) is 3. The second kappa shape index (κ2) is 13.9. The van der Waals surface area contributed by atoms with Crippen LogP contribution in [0.3, 0.4) is 0 Å². The molecule has 0 aromatic carbocycles. The molecule has 4 rings (SSSR count). The third kappa shape index (κ3) is 6.80. The van der Waals surface area contributed by atoms with Gasteiger partial charge in [0.1, 0.15) is 42.7 Å². The number of ether oxygens (including phenoxy) is 4. The molecule has 14 heteroatoms. The van der Waals surface area contributed by atoms with Crippen molar-refractivity contribution in [1.82, 2.24) is 14.6 Å². The summed E-state index contributed by atoms with van der Waals surface area (Å²) < 4.78 is 25.1. The minimum atomic E-state index is -2.09. The first kappa shape index (κ1) is 33.1. The van der Waals surface area contributed by atoms with Crippen LogP contribution >= 0.6 is 0 Å². The Kier molecular flexibility index (Phi) is 10.4. The Balaban J connectivity index is 1.75. The Morgan fingerprint density at radius 1 is 1.07 bits per heavy atom. The van der Waals surface area contributed by atoms with Crippen LogP contribution in [0, 0.1) is 29.1 Å². The smallest absolute Gasteiger partial charge is 0.323 e. The number of nitrogens with two attached hydrogens (primary N) is 3. The average molecular weight is 614 g/mol. The maximum absolute atomic E-state index is 13.3. The van der Waals surface area contributed by atoms with Crippen molar-refractivity contribution in [3.8, 4) is 6.07 Å². The van der Waals surface area contributed by atoms with Gasteiger partial charge >= 0.3 is 17.9 Å². The molecule has 2 aliphatic rings. The minimum absolute atomic E-state index is 0.130. The number of nitriles is 1. The van der Waals surface area contributed by atoms with Crippen molar-refractivity contribution in [2.45, 2.75) is 102 Å². The van der Waals surface area contributed by atoms with Crippen LogP contribution in [0.2, 0.25) is 0 Å². The van der Waals surface area contributed by atoms with Crippen molar-refractivity contribution >= 4 is 29.2 Å². The summed E-state index contributed by atoms with van der Waals surface area (Å²) in [6.45, 7) is 6.59. The lowest BCUT2D eigenvalue weighted by atomic mass is 9.87. The highest BCUT2D eigenvalue weighted by Gasteiger charge is 2.63. The molecule has 3 heterocycles. The van der Waals surface area contributed by atoms with E-state index in [4.69, 9.17) is 36.1 Å². The predicted octanol–water partition coefficient (Wildman–Crippen LogP) is 1.73. The zero-order valence-electron chi connectivity index (χ0n) is 25.7. The van der Waals surface area contributed by atoms with Crippen LogP contribution in [-0.2, 0) is 38.9 Å². The van der Waals surface area contributed by atoms with E-state index in [1.165, 1.54) is 16.9 Å². The van der Waals surface area contributed by atoms with Gasteiger partial charge in [-0.2, -0.15) is 10.4 Å². The third-order valence-electron chi connectivity index (χ3n) is 8.50. The first-order chi connectivity index (χ1) is 20.9. The third-order valence-corrected chi connectivity index (χ3v) is 8.50. The lowest BCUT2D eigenvalue weighted by Gasteiger charge is -2.30. The van der Waals surface area contributed by atoms with Gasteiger partial charge in [-0.25, -0.2) is 9.50 Å². The Labute approximate surface area is 256 Å². The molecule has 2 fully saturated rings. The van der Waals surface area contributed by atoms with Gasteiger partial charge in [0.15, 0.2) is 18.0 Å². The van der Waals surface area contributed by atoms with Gasteiger partial charge in [0.25, 0.3) is 0 Å². The molecule has 1 aliphatic heterocycles. The number of carbonyl (C=O) groups is 3. The molecule has 0 radical (unpaired) electrons. The number of nitrogens with zero attached hydrogens (tertiary/aromatic N) is 4. The summed E-state index contributed by atoms with van der Waals surface area (Å²) in [5.41, 5.74) is 16.7. The normalized spacial score (nSPS) is 25.5. The molecule has 1 aliphatic carbocycles. The second-order valence-electron chi connectivity index (χ2n) is 12.4. The fourth-order valence-corrected chi connectivity index (χ4v) is 5.62. The number of esters is 3. The quantitative estimate of drug-likeness (QED) is 0.243. The monoisotopic (exact) mass is 613 g/mol. The zero-order valence-corrected chi connectivity index (χ0v) is 25.7. The summed E-state index contributed by atoms with van der Waals surface area (Å²) in [6.07, 6.45) is 2.43. The fourth-order valence-electron chi connectivity index (χ4n) is 5.62. The Bertz CT molecular complexity index is 1380. The van der Waals surface area contributed by atoms with E-state index < -0.39 is 53.9 Å². The van der Waals surface area contributed by atoms with Gasteiger partial charge < -0.3 is 36.1 Å². The number of rotatable bonds is 11. The van der Waals surface area contributed by atoms with Crippen LogP contribution < -0.4 is 17.2 Å². The minimum Gasteiger partial charge on any atom is -0.463 e. The molecule has 2 aromatic rings. The highest BCUT2D eigenvalue weighted by molar-refractivity contribution is 5.77. The lowest BCUT2D eigenvalue weighted by molar-refractivity contribution is -0.172. The van der Waals surface area contributed by atoms with E-state index in [0.29, 0.717) is 5.52 Å². The Hall–Kier alpha value is -3.80. The number of fused-ring (bicyclic) bond motifs is 1. The van der Waals surface area contributed by atoms with Crippen LogP contribution in [0.15, 0.2) is 18.5 Å². The highest BCUT2D eigenvalue weighted by atomic mass is 16.7. The number of anilines is 1. The van der Waals surface area contributed by atoms with Crippen molar-refractivity contribution < 1.29 is 33.3 Å². The van der Waals surface area contributed by atoms with Crippen molar-refractivity contribution in [3.63, 3.8) is 0 Å². The molecule has 1 saturated heterocycles. The van der Waals surface area contributed by atoms with Crippen molar-refractivity contribution in [2.75, 3.05) is 12.3 Å². The van der Waals surface area contributed by atoms with Crippen LogP contribution in [0.5, 0.6) is 0 Å². The van der Waals surface area contributed by atoms with Crippen LogP contribution in [0.4, 0.5) is 5.82 Å². The summed E-state index contributed by atoms with van der Waals surface area (Å²) in [4.78, 5) is 43.4. The average Bonchev–Trinajstić information content (AvgIpc) is 3.56. The van der Waals surface area contributed by atoms with Gasteiger partial charge in [0.2, 0.25) is 5.60 Å². The van der Waals surface area contributed by atoms with Crippen LogP contribution in [-0.4, -0.2) is 69.5 Å². The molecule has 14 nitrogen and oxygen atoms in total. The van der Waals surface area contributed by atoms with E-state index in [1.807, 2.05) is 0 Å². The van der Waals surface area contributed by atoms with E-state index in [9.17, 15) is 19.6 Å². The largest absolute Gasteiger partial charge is 0.463 e. The maximum Gasteiger partial charge on any atom is 0.323 e. The standard InChI is InChI=1S/C30H43N7O7/c1-16(2)23(32)28(39)42-25-20(13-41-22(38)12-18-8-6-5-7-9-18)44-30(14-31,26(25)43-29(40)24(33)17(3)4)21-11-10-19-27(34)35-15-36-37(19)21/h10-11,15-18,20,23-26H,5-9,12-13,32-33H2,1-4H3,(H2,34,35,36)/t20-,23?,24+,25-,26-,30+/m1/s1. The molecule has 1 saturated carbocycles. The van der Waals surface area contributed by atoms with Gasteiger partial charge in [-0.15, -0.1) is 0 Å². The summed E-state index contributed by atoms with van der Waals surface area (Å²) in [5, 5.41) is 15.0. The molecule has 44 heavy (non-hydrogen) atoms. The van der Waals surface area contributed by atoms with E-state index in [1.54, 1.807) is 33.8 Å². The molecular weight excluding hydrogens is 570 g/mol. The van der Waals surface area contributed by atoms with E-state index in [-0.39, 0.29) is 42.3 Å². The van der Waals surface area contributed by atoms with Gasteiger partial charge in [-0.3, -0.25) is 14.4 Å². The van der Waals surface area contributed by atoms with Gasteiger partial charge in [0.05, 0.1) is 5.69 Å². The first-order valence-corrected chi connectivity index (χ1v) is 15.1. The molecule has 0 amide bonds. The van der Waals surface area contributed by atoms with Crippen LogP contribution in [0.1, 0.15) is 71.9 Å². The molecular formula is C30H43N7O7. The summed E-state index contributed by atoms with van der Waals surface area (Å²) >= 11 is 0. The lowest BCUT2D eigenvalue weighted by Crippen LogP contribution is -2.51. The molecule has 6 N–H and O–H groups in total. The first-order valence-electron chi connectivity index (χ1n) is 15.1. The number of carbonyl (C=O) groups excluding carboxylic acids is 3. The zero-order chi connectivity index (χ0) is 32.2. The summed E-state index contributed by atoms with van der Waals surface area (Å²) in [7, 11) is 0. The molecule has 0 bridgehead atoms. The Morgan fingerprint density at radius 2 is 1.70 bits per heavy atom. The van der Waals surface area contributed by atoms with E-state index in [2.05, 4.69) is 16.2 Å². The van der Waals surface area contributed by atoms with Gasteiger partial charge in [-0.1, -0.05) is 47.0 Å². The van der Waals surface area contributed by atoms with Crippen molar-refractivity contribution in [3.05, 3.63) is 24.2 Å². The second-order valence-corrected chi connectivity index (χ2v) is 12.4. The summed E-state index contributed by atoms with van der Waals surface area (Å²) in [6, 6.07) is 3.15. The molecule has 240 valence electrons.